The van der Waals surface area contributed by atoms with E-state index in [2.05, 4.69) is 0 Å². The van der Waals surface area contributed by atoms with Gasteiger partial charge in [-0.25, -0.2) is 0 Å². The molecule has 2 rings (SSSR count). The quantitative estimate of drug-likeness (QED) is 0.728. The SMILES string of the molecule is N#Cc1c(O)c(C(F)(F)F)cc(-c2ccccc2)c1I. The van der Waals surface area contributed by atoms with Gasteiger partial charge in [0.05, 0.1) is 5.56 Å². The van der Waals surface area contributed by atoms with Gasteiger partial charge in [0, 0.05) is 3.57 Å². The van der Waals surface area contributed by atoms with Gasteiger partial charge in [-0.1, -0.05) is 30.3 Å². The highest BCUT2D eigenvalue weighted by Gasteiger charge is 2.36. The third-order valence-corrected chi connectivity index (χ3v) is 3.86. The fourth-order valence-corrected chi connectivity index (χ4v) is 2.64. The van der Waals surface area contributed by atoms with E-state index in [1.807, 2.05) is 0 Å². The topological polar surface area (TPSA) is 44.0 Å². The number of alkyl halides is 3. The van der Waals surface area contributed by atoms with E-state index in [1.165, 1.54) is 0 Å². The van der Waals surface area contributed by atoms with Gasteiger partial charge < -0.3 is 5.11 Å². The molecule has 0 spiro atoms. The molecule has 2 nitrogen and oxygen atoms in total. The van der Waals surface area contributed by atoms with E-state index >= 15 is 0 Å². The molecule has 6 heteroatoms. The molecule has 0 radical (unpaired) electrons. The second-order valence-electron chi connectivity index (χ2n) is 3.98. The highest BCUT2D eigenvalue weighted by atomic mass is 127. The Kier molecular flexibility index (Phi) is 3.90. The molecule has 0 saturated carbocycles. The van der Waals surface area contributed by atoms with Crippen molar-refractivity contribution in [1.29, 1.82) is 5.26 Å². The molecule has 0 amide bonds. The fraction of sp³-hybridized carbons (Fsp3) is 0.0714. The molecule has 20 heavy (non-hydrogen) atoms. The maximum absolute atomic E-state index is 12.9. The minimum atomic E-state index is -4.72. The Morgan fingerprint density at radius 3 is 2.25 bits per heavy atom. The van der Waals surface area contributed by atoms with E-state index < -0.39 is 17.5 Å². The Morgan fingerprint density at radius 2 is 1.75 bits per heavy atom. The minimum absolute atomic E-state index is 0.271. The third kappa shape index (κ3) is 2.58. The fourth-order valence-electron chi connectivity index (χ4n) is 1.80. The molecule has 0 heterocycles. The molecule has 0 atom stereocenters. The lowest BCUT2D eigenvalue weighted by Crippen LogP contribution is -2.08. The number of hydrogen-bond acceptors (Lipinski definition) is 2. The van der Waals surface area contributed by atoms with Crippen LogP contribution in [0.3, 0.4) is 0 Å². The maximum atomic E-state index is 12.9. The van der Waals surface area contributed by atoms with Crippen LogP contribution in [-0.4, -0.2) is 5.11 Å². The Hall–Kier alpha value is -1.75. The Labute approximate surface area is 126 Å². The van der Waals surface area contributed by atoms with Crippen molar-refractivity contribution in [1.82, 2.24) is 0 Å². The number of nitrogens with zero attached hydrogens (tertiary/aromatic N) is 1. The number of hydrogen-bond donors (Lipinski definition) is 1. The van der Waals surface area contributed by atoms with E-state index in [-0.39, 0.29) is 11.1 Å². The van der Waals surface area contributed by atoms with Crippen LogP contribution in [0.15, 0.2) is 36.4 Å². The summed E-state index contributed by atoms with van der Waals surface area (Å²) >= 11 is 1.77. The second-order valence-corrected chi connectivity index (χ2v) is 5.06. The zero-order valence-electron chi connectivity index (χ0n) is 9.87. The number of halogens is 4. The van der Waals surface area contributed by atoms with Crippen LogP contribution in [0, 0.1) is 14.9 Å². The van der Waals surface area contributed by atoms with Crippen LogP contribution < -0.4 is 0 Å². The summed E-state index contributed by atoms with van der Waals surface area (Å²) in [6.07, 6.45) is -4.72. The van der Waals surface area contributed by atoms with Gasteiger partial charge in [0.2, 0.25) is 0 Å². The number of aromatic hydroxyl groups is 1. The van der Waals surface area contributed by atoms with Crippen LogP contribution in [0.5, 0.6) is 5.75 Å². The first-order valence-corrected chi connectivity index (χ1v) is 6.52. The molecule has 0 aliphatic heterocycles. The number of nitriles is 1. The summed E-state index contributed by atoms with van der Waals surface area (Å²) in [7, 11) is 0. The zero-order chi connectivity index (χ0) is 14.9. The van der Waals surface area contributed by atoms with Crippen LogP contribution in [0.4, 0.5) is 13.2 Å². The van der Waals surface area contributed by atoms with Crippen molar-refractivity contribution in [2.24, 2.45) is 0 Å². The minimum Gasteiger partial charge on any atom is -0.506 e. The van der Waals surface area contributed by atoms with Gasteiger partial charge in [-0.3, -0.25) is 0 Å². The van der Waals surface area contributed by atoms with Crippen molar-refractivity contribution in [2.75, 3.05) is 0 Å². The maximum Gasteiger partial charge on any atom is 0.420 e. The van der Waals surface area contributed by atoms with Crippen molar-refractivity contribution in [3.63, 3.8) is 0 Å². The summed E-state index contributed by atoms with van der Waals surface area (Å²) in [6, 6.07) is 10.9. The van der Waals surface area contributed by atoms with Gasteiger partial charge >= 0.3 is 6.18 Å². The normalized spacial score (nSPS) is 11.2. The summed E-state index contributed by atoms with van der Waals surface area (Å²) in [6.45, 7) is 0. The first-order valence-electron chi connectivity index (χ1n) is 5.44. The molecule has 0 fully saturated rings. The standard InChI is InChI=1S/C14H7F3INO/c15-14(16,17)11-6-9(8-4-2-1-3-5-8)12(18)10(7-19)13(11)20/h1-6,20H. The van der Waals surface area contributed by atoms with E-state index in [9.17, 15) is 18.3 Å². The van der Waals surface area contributed by atoms with Crippen LogP contribution in [0.1, 0.15) is 11.1 Å². The molecule has 0 unspecified atom stereocenters. The average Bonchev–Trinajstić information content (AvgIpc) is 2.39. The van der Waals surface area contributed by atoms with Gasteiger partial charge in [0.15, 0.2) is 0 Å². The average molecular weight is 389 g/mol. The Balaban J connectivity index is 2.81. The van der Waals surface area contributed by atoms with Crippen molar-refractivity contribution in [3.8, 4) is 22.9 Å². The van der Waals surface area contributed by atoms with E-state index in [4.69, 9.17) is 5.26 Å². The van der Waals surface area contributed by atoms with E-state index in [0.29, 0.717) is 9.13 Å². The summed E-state index contributed by atoms with van der Waals surface area (Å²) in [4.78, 5) is 0. The summed E-state index contributed by atoms with van der Waals surface area (Å²) in [5.41, 5.74) is -0.737. The van der Waals surface area contributed by atoms with Crippen LogP contribution in [0.25, 0.3) is 11.1 Å². The molecule has 2 aromatic carbocycles. The molecule has 0 aliphatic carbocycles. The predicted molar refractivity (Wildman–Crippen MR) is 76.0 cm³/mol. The van der Waals surface area contributed by atoms with E-state index in [1.54, 1.807) is 59.0 Å². The number of phenols is 1. The zero-order valence-corrected chi connectivity index (χ0v) is 12.0. The van der Waals surface area contributed by atoms with Gasteiger partial charge in [0.1, 0.15) is 17.4 Å². The molecular weight excluding hydrogens is 382 g/mol. The molecule has 2 aromatic rings. The monoisotopic (exact) mass is 389 g/mol. The lowest BCUT2D eigenvalue weighted by Gasteiger charge is -2.15. The second kappa shape index (κ2) is 5.32. The molecular formula is C14H7F3INO. The first kappa shape index (κ1) is 14.7. The number of rotatable bonds is 1. The molecule has 0 bridgehead atoms. The van der Waals surface area contributed by atoms with Crippen molar-refractivity contribution < 1.29 is 18.3 Å². The lowest BCUT2D eigenvalue weighted by molar-refractivity contribution is -0.138. The highest BCUT2D eigenvalue weighted by molar-refractivity contribution is 14.1. The Morgan fingerprint density at radius 1 is 1.15 bits per heavy atom. The van der Waals surface area contributed by atoms with Gasteiger partial charge in [0.25, 0.3) is 0 Å². The van der Waals surface area contributed by atoms with Crippen molar-refractivity contribution >= 4 is 22.6 Å². The van der Waals surface area contributed by atoms with Crippen LogP contribution >= 0.6 is 22.6 Å². The number of benzene rings is 2. The largest absolute Gasteiger partial charge is 0.506 e. The highest BCUT2D eigenvalue weighted by Crippen LogP contribution is 2.42. The predicted octanol–water partition coefficient (Wildman–Crippen LogP) is 4.55. The Bertz CT molecular complexity index is 690. The molecule has 0 aromatic heterocycles. The van der Waals surface area contributed by atoms with E-state index in [0.717, 1.165) is 6.07 Å². The molecule has 102 valence electrons. The summed E-state index contributed by atoms with van der Waals surface area (Å²) in [5, 5.41) is 18.6. The number of phenolic OH excluding ortho intramolecular Hbond substituents is 1. The molecule has 1 N–H and O–H groups in total. The summed E-state index contributed by atoms with van der Waals surface area (Å²) in [5.74, 6) is -1.02. The molecule has 0 aliphatic rings. The van der Waals surface area contributed by atoms with Gasteiger partial charge in [-0.05, 0) is 39.8 Å². The lowest BCUT2D eigenvalue weighted by atomic mass is 9.99. The van der Waals surface area contributed by atoms with Crippen LogP contribution in [-0.2, 0) is 6.18 Å². The third-order valence-electron chi connectivity index (χ3n) is 2.74. The smallest absolute Gasteiger partial charge is 0.420 e. The van der Waals surface area contributed by atoms with Gasteiger partial charge in [-0.2, -0.15) is 18.4 Å². The van der Waals surface area contributed by atoms with Crippen LogP contribution in [0.2, 0.25) is 0 Å². The molecule has 0 saturated heterocycles. The van der Waals surface area contributed by atoms with Crippen molar-refractivity contribution in [3.05, 3.63) is 51.1 Å². The summed E-state index contributed by atoms with van der Waals surface area (Å²) < 4.78 is 39.1. The first-order chi connectivity index (χ1) is 9.36. The van der Waals surface area contributed by atoms with Crippen molar-refractivity contribution in [2.45, 2.75) is 6.18 Å². The van der Waals surface area contributed by atoms with Gasteiger partial charge in [-0.15, -0.1) is 0 Å².